The van der Waals surface area contributed by atoms with Crippen molar-refractivity contribution in [1.82, 2.24) is 0 Å². The van der Waals surface area contributed by atoms with Crippen LogP contribution in [0.3, 0.4) is 0 Å². The fraction of sp³-hybridized carbons (Fsp3) is 1.00. The summed E-state index contributed by atoms with van der Waals surface area (Å²) in [7, 11) is -8.50. The summed E-state index contributed by atoms with van der Waals surface area (Å²) in [4.78, 5) is 0. The molecule has 0 rings (SSSR count). The van der Waals surface area contributed by atoms with Gasteiger partial charge in [-0.3, -0.25) is 0 Å². The molecule has 0 aromatic heterocycles. The number of hydrogen-bond donors (Lipinski definition) is 0. The summed E-state index contributed by atoms with van der Waals surface area (Å²) in [6.07, 6.45) is 0. The Hall–Kier alpha value is 0.748. The van der Waals surface area contributed by atoms with Crippen molar-refractivity contribution in [3.63, 3.8) is 0 Å². The van der Waals surface area contributed by atoms with Crippen LogP contribution in [0.1, 0.15) is 166 Å². The van der Waals surface area contributed by atoms with Crippen LogP contribution in [0.5, 0.6) is 0 Å². The van der Waals surface area contributed by atoms with Crippen LogP contribution in [0.25, 0.3) is 0 Å². The topological polar surface area (TPSA) is 92.3 Å². The molecule has 13 heteroatoms. The first-order valence-corrected chi connectivity index (χ1v) is 21.9. The van der Waals surface area contributed by atoms with Crippen molar-refractivity contribution < 1.29 is 57.3 Å². The van der Waals surface area contributed by atoms with Crippen molar-refractivity contribution in [3.05, 3.63) is 0 Å². The van der Waals surface area contributed by atoms with Crippen molar-refractivity contribution >= 4 is 18.1 Å². The van der Waals surface area contributed by atoms with Gasteiger partial charge in [0.05, 0.1) is 0 Å². The fourth-order valence-electron chi connectivity index (χ4n) is 3.68. The first-order valence-electron chi connectivity index (χ1n) is 16.1. The third-order valence-corrected chi connectivity index (χ3v) is 17.5. The zero-order valence-electron chi connectivity index (χ0n) is 33.6. The van der Waals surface area contributed by atoms with Gasteiger partial charge < -0.3 is 0 Å². The molecule has 0 saturated carbocycles. The molecule has 0 heterocycles. The number of hydrogen-bond acceptors (Lipinski definition) is 10. The molecule has 0 unspecified atom stereocenters. The molecule has 0 radical (unpaired) electrons. The van der Waals surface area contributed by atoms with Crippen LogP contribution in [0.4, 0.5) is 0 Å². The van der Waals surface area contributed by atoms with Gasteiger partial charge in [0.15, 0.2) is 0 Å². The van der Waals surface area contributed by atoms with E-state index < -0.39 is 81.0 Å². The second-order valence-corrected chi connectivity index (χ2v) is 27.2. The quantitative estimate of drug-likeness (QED) is 0.182. The molecule has 0 aliphatic heterocycles. The van der Waals surface area contributed by atoms with Gasteiger partial charge >= 0.3 is 286 Å². The summed E-state index contributed by atoms with van der Waals surface area (Å²) >= 11 is -5.33. The Morgan fingerprint density at radius 3 is 0.533 bits per heavy atom. The number of rotatable bonds is 12. The van der Waals surface area contributed by atoms with E-state index in [4.69, 9.17) is 39.2 Å². The van der Waals surface area contributed by atoms with Gasteiger partial charge in [-0.05, 0) is 0 Å². The van der Waals surface area contributed by atoms with Gasteiger partial charge in [-0.15, -0.1) is 0 Å². The van der Waals surface area contributed by atoms with E-state index >= 15 is 0 Å². The second kappa shape index (κ2) is 14.5. The summed E-state index contributed by atoms with van der Waals surface area (Å²) in [5, 5.41) is 0. The summed E-state index contributed by atoms with van der Waals surface area (Å²) < 4.78 is 68.7. The average Bonchev–Trinajstić information content (AvgIpc) is 2.45. The summed E-state index contributed by atoms with van der Waals surface area (Å²) in [6.45, 7) is 46.1. The second-order valence-electron chi connectivity index (χ2n) is 19.4. The molecular formula is C32H72O10Si2Ti. The molecule has 0 spiro atoms. The molecule has 0 atom stereocenters. The first-order chi connectivity index (χ1) is 19.1. The zero-order chi connectivity index (χ0) is 36.6. The normalized spacial score (nSPS) is 16.0. The van der Waals surface area contributed by atoms with Crippen molar-refractivity contribution in [2.24, 2.45) is 0 Å². The van der Waals surface area contributed by atoms with Gasteiger partial charge in [0.1, 0.15) is 0 Å². The Morgan fingerprint density at radius 1 is 0.267 bits per heavy atom. The maximum absolute atomic E-state index is 7.19. The van der Waals surface area contributed by atoms with Gasteiger partial charge in [-0.25, -0.2) is 0 Å². The standard InChI is InChI=1S/2C12H27O4Si.2C4H9O.Ti/c2*1-10(2,3)14-17(13,15-11(4,5)6)16-12(7,8)9;2*1-4(2,3)5;/h2*1-9H3;2*1-3H3;/q4*-1;+4. The van der Waals surface area contributed by atoms with E-state index in [0.717, 1.165) is 0 Å². The third kappa shape index (κ3) is 22.2. The molecule has 0 aromatic rings. The first kappa shape index (κ1) is 45.7. The van der Waals surface area contributed by atoms with Crippen LogP contribution in [0, 0.1) is 0 Å². The molecule has 0 saturated heterocycles. The molecular weight excluding hydrogens is 648 g/mol. The van der Waals surface area contributed by atoms with Gasteiger partial charge in [0, 0.05) is 0 Å². The van der Waals surface area contributed by atoms with Crippen LogP contribution >= 0.6 is 0 Å². The van der Waals surface area contributed by atoms with Gasteiger partial charge in [0.25, 0.3) is 0 Å². The van der Waals surface area contributed by atoms with Crippen LogP contribution in [-0.2, 0) is 57.3 Å². The zero-order valence-corrected chi connectivity index (χ0v) is 37.1. The monoisotopic (exact) mass is 720 g/mol. The molecule has 0 aromatic carbocycles. The van der Waals surface area contributed by atoms with Crippen LogP contribution in [0.2, 0.25) is 0 Å². The van der Waals surface area contributed by atoms with Crippen molar-refractivity contribution in [2.75, 3.05) is 0 Å². The third-order valence-electron chi connectivity index (χ3n) is 3.95. The summed E-state index contributed by atoms with van der Waals surface area (Å²) in [5.74, 6) is 0. The van der Waals surface area contributed by atoms with Crippen molar-refractivity contribution in [1.29, 1.82) is 0 Å². The predicted octanol–water partition coefficient (Wildman–Crippen LogP) is 9.23. The Kier molecular flexibility index (Phi) is 14.8. The molecule has 45 heavy (non-hydrogen) atoms. The van der Waals surface area contributed by atoms with E-state index in [1.807, 2.05) is 166 Å². The Bertz CT molecular complexity index is 762. The van der Waals surface area contributed by atoms with Gasteiger partial charge in [0.2, 0.25) is 0 Å². The van der Waals surface area contributed by atoms with E-state index in [9.17, 15) is 0 Å². The predicted molar refractivity (Wildman–Crippen MR) is 180 cm³/mol. The molecule has 0 amide bonds. The van der Waals surface area contributed by atoms with Crippen LogP contribution in [0.15, 0.2) is 0 Å². The van der Waals surface area contributed by atoms with E-state index in [1.54, 1.807) is 0 Å². The maximum atomic E-state index is 7.19. The fourth-order valence-corrected chi connectivity index (χ4v) is 17.4. The van der Waals surface area contributed by atoms with Crippen LogP contribution < -0.4 is 0 Å². The Labute approximate surface area is 285 Å². The molecule has 0 aliphatic rings. The van der Waals surface area contributed by atoms with E-state index in [1.165, 1.54) is 0 Å². The molecule has 0 fully saturated rings. The molecule has 0 aliphatic carbocycles. The molecule has 0 N–H and O–H groups in total. The molecule has 0 bridgehead atoms. The molecule has 272 valence electrons. The van der Waals surface area contributed by atoms with E-state index in [0.29, 0.717) is 0 Å². The Balaban J connectivity index is 8.21. The van der Waals surface area contributed by atoms with E-state index in [2.05, 4.69) is 0 Å². The van der Waals surface area contributed by atoms with E-state index in [-0.39, 0.29) is 0 Å². The minimum atomic E-state index is -5.33. The summed E-state index contributed by atoms with van der Waals surface area (Å²) in [5.41, 5.74) is -6.13. The van der Waals surface area contributed by atoms with Crippen molar-refractivity contribution in [2.45, 2.75) is 211 Å². The van der Waals surface area contributed by atoms with Crippen molar-refractivity contribution in [3.8, 4) is 0 Å². The summed E-state index contributed by atoms with van der Waals surface area (Å²) in [6, 6.07) is 0. The average molecular weight is 721 g/mol. The Morgan fingerprint density at radius 2 is 0.422 bits per heavy atom. The minimum absolute atomic E-state index is 0.750. The van der Waals surface area contributed by atoms with Gasteiger partial charge in [-0.2, -0.15) is 0 Å². The van der Waals surface area contributed by atoms with Gasteiger partial charge in [-0.1, -0.05) is 0 Å². The van der Waals surface area contributed by atoms with Crippen LogP contribution in [-0.4, -0.2) is 62.9 Å². The SMILES string of the molecule is CC(C)(C)O[Si](OC(C)(C)C)(OC(C)(C)C)[O][Ti]([O]C(C)(C)C)([O]C(C)(C)C)[O][Si](OC(C)(C)C)(OC(C)(C)C)OC(C)(C)C. The molecule has 10 nitrogen and oxygen atoms in total.